The Morgan fingerprint density at radius 1 is 1.47 bits per heavy atom. The highest BCUT2D eigenvalue weighted by Gasteiger charge is 2.45. The van der Waals surface area contributed by atoms with Gasteiger partial charge in [0.1, 0.15) is 6.29 Å². The van der Waals surface area contributed by atoms with Gasteiger partial charge in [-0.05, 0) is 12.3 Å². The average Bonchev–Trinajstić information content (AvgIpc) is 2.35. The van der Waals surface area contributed by atoms with Crippen LogP contribution in [-0.4, -0.2) is 24.1 Å². The first kappa shape index (κ1) is 12.2. The highest BCUT2D eigenvalue weighted by molar-refractivity contribution is 5.80. The van der Waals surface area contributed by atoms with Gasteiger partial charge in [0.2, 0.25) is 5.79 Å². The summed E-state index contributed by atoms with van der Waals surface area (Å²) < 4.78 is 10.4. The zero-order chi connectivity index (χ0) is 11.6. The fourth-order valence-corrected chi connectivity index (χ4v) is 1.74. The monoisotopic (exact) mass is 214 g/mol. The minimum Gasteiger partial charge on any atom is -0.432 e. The molecule has 0 saturated carbocycles. The van der Waals surface area contributed by atoms with Crippen molar-refractivity contribution in [2.45, 2.75) is 46.0 Å². The molecule has 4 heteroatoms. The molecule has 0 spiro atoms. The van der Waals surface area contributed by atoms with Crippen molar-refractivity contribution < 1.29 is 19.1 Å². The summed E-state index contributed by atoms with van der Waals surface area (Å²) in [4.78, 5) is 22.4. The molecule has 0 bridgehead atoms. The second-order valence-corrected chi connectivity index (χ2v) is 4.79. The Labute approximate surface area is 89.9 Å². The summed E-state index contributed by atoms with van der Waals surface area (Å²) in [5, 5.41) is 0. The summed E-state index contributed by atoms with van der Waals surface area (Å²) in [6.07, 6.45) is 0.687. The van der Waals surface area contributed by atoms with Crippen LogP contribution >= 0.6 is 0 Å². The second kappa shape index (κ2) is 4.31. The van der Waals surface area contributed by atoms with Crippen LogP contribution in [0.15, 0.2) is 0 Å². The number of ether oxygens (including phenoxy) is 2. The third-order valence-corrected chi connectivity index (χ3v) is 2.30. The zero-order valence-electron chi connectivity index (χ0n) is 9.65. The lowest BCUT2D eigenvalue weighted by Crippen LogP contribution is -2.30. The molecule has 0 aromatic rings. The summed E-state index contributed by atoms with van der Waals surface area (Å²) in [7, 11) is 0. The normalized spacial score (nSPS) is 26.5. The van der Waals surface area contributed by atoms with E-state index in [1.807, 2.05) is 13.8 Å². The van der Waals surface area contributed by atoms with Gasteiger partial charge in [-0.2, -0.15) is 0 Å². The number of carbonyl (C=O) groups is 2. The fourth-order valence-electron chi connectivity index (χ4n) is 1.74. The van der Waals surface area contributed by atoms with Crippen LogP contribution in [0.5, 0.6) is 0 Å². The van der Waals surface area contributed by atoms with Gasteiger partial charge in [-0.15, -0.1) is 0 Å². The fraction of sp³-hybridized carbons (Fsp3) is 0.818. The van der Waals surface area contributed by atoms with Gasteiger partial charge in [0.25, 0.3) is 0 Å². The van der Waals surface area contributed by atoms with Crippen molar-refractivity contribution in [2.75, 3.05) is 0 Å². The molecule has 1 aliphatic heterocycles. The Hall–Kier alpha value is -0.900. The number of rotatable bonds is 4. The standard InChI is InChI=1S/C11H18O4/c1-7(2)5-8(6-12)9-10(13)15-11(3,4)14-9/h6-9H,5H2,1-4H3/t8-,9-/m0/s1. The van der Waals surface area contributed by atoms with E-state index in [4.69, 9.17) is 9.47 Å². The summed E-state index contributed by atoms with van der Waals surface area (Å²) in [5.41, 5.74) is 0. The Kier molecular flexibility index (Phi) is 3.50. The van der Waals surface area contributed by atoms with E-state index in [1.54, 1.807) is 13.8 Å². The topological polar surface area (TPSA) is 52.6 Å². The summed E-state index contributed by atoms with van der Waals surface area (Å²) in [6, 6.07) is 0. The number of esters is 1. The lowest BCUT2D eigenvalue weighted by atomic mass is 9.93. The summed E-state index contributed by atoms with van der Waals surface area (Å²) >= 11 is 0. The van der Waals surface area contributed by atoms with E-state index in [0.717, 1.165) is 6.29 Å². The van der Waals surface area contributed by atoms with Crippen LogP contribution in [0.4, 0.5) is 0 Å². The van der Waals surface area contributed by atoms with Gasteiger partial charge < -0.3 is 14.3 Å². The summed E-state index contributed by atoms with van der Waals surface area (Å²) in [5.74, 6) is -1.39. The van der Waals surface area contributed by atoms with Gasteiger partial charge in [-0.1, -0.05) is 13.8 Å². The maximum Gasteiger partial charge on any atom is 0.338 e. The van der Waals surface area contributed by atoms with Crippen molar-refractivity contribution in [2.24, 2.45) is 11.8 Å². The smallest absolute Gasteiger partial charge is 0.338 e. The molecule has 0 aromatic carbocycles. The van der Waals surface area contributed by atoms with Gasteiger partial charge in [0.15, 0.2) is 6.10 Å². The Balaban J connectivity index is 2.69. The molecule has 1 fully saturated rings. The molecule has 0 unspecified atom stereocenters. The third-order valence-electron chi connectivity index (χ3n) is 2.30. The number of carbonyl (C=O) groups excluding carboxylic acids is 2. The Morgan fingerprint density at radius 3 is 2.40 bits per heavy atom. The number of hydrogen-bond donors (Lipinski definition) is 0. The first-order chi connectivity index (χ1) is 6.85. The van der Waals surface area contributed by atoms with Crippen LogP contribution in [0.2, 0.25) is 0 Å². The van der Waals surface area contributed by atoms with Crippen LogP contribution in [0.1, 0.15) is 34.1 Å². The van der Waals surface area contributed by atoms with Crippen LogP contribution in [0, 0.1) is 11.8 Å². The van der Waals surface area contributed by atoms with E-state index in [9.17, 15) is 9.59 Å². The molecule has 1 aliphatic rings. The number of aldehydes is 1. The Bertz CT molecular complexity index is 257. The van der Waals surface area contributed by atoms with Crippen LogP contribution in [0.3, 0.4) is 0 Å². The Morgan fingerprint density at radius 2 is 2.07 bits per heavy atom. The summed E-state index contributed by atoms with van der Waals surface area (Å²) in [6.45, 7) is 7.34. The third kappa shape index (κ3) is 3.02. The second-order valence-electron chi connectivity index (χ2n) is 4.79. The minimum absolute atomic E-state index is 0.348. The van der Waals surface area contributed by atoms with Gasteiger partial charge in [-0.3, -0.25) is 0 Å². The van der Waals surface area contributed by atoms with Crippen molar-refractivity contribution in [1.29, 1.82) is 0 Å². The van der Waals surface area contributed by atoms with E-state index in [1.165, 1.54) is 0 Å². The molecule has 4 nitrogen and oxygen atoms in total. The maximum absolute atomic E-state index is 11.5. The molecule has 2 atom stereocenters. The SMILES string of the molecule is CC(C)C[C@@H](C=O)[C@@H]1OC(C)(C)OC1=O. The van der Waals surface area contributed by atoms with E-state index in [-0.39, 0.29) is 0 Å². The molecule has 0 aliphatic carbocycles. The molecule has 0 amide bonds. The molecule has 0 radical (unpaired) electrons. The molecule has 86 valence electrons. The van der Waals surface area contributed by atoms with Crippen molar-refractivity contribution in [1.82, 2.24) is 0 Å². The molecule has 0 N–H and O–H groups in total. The van der Waals surface area contributed by atoms with E-state index in [2.05, 4.69) is 0 Å². The van der Waals surface area contributed by atoms with Gasteiger partial charge in [0.05, 0.1) is 5.92 Å². The van der Waals surface area contributed by atoms with Crippen molar-refractivity contribution in [3.8, 4) is 0 Å². The first-order valence-electron chi connectivity index (χ1n) is 5.21. The predicted molar refractivity (Wildman–Crippen MR) is 54.1 cm³/mol. The van der Waals surface area contributed by atoms with Crippen LogP contribution in [-0.2, 0) is 19.1 Å². The highest BCUT2D eigenvalue weighted by Crippen LogP contribution is 2.29. The van der Waals surface area contributed by atoms with Gasteiger partial charge in [0, 0.05) is 13.8 Å². The van der Waals surface area contributed by atoms with Crippen LogP contribution < -0.4 is 0 Å². The van der Waals surface area contributed by atoms with Crippen LogP contribution in [0.25, 0.3) is 0 Å². The van der Waals surface area contributed by atoms with Crippen molar-refractivity contribution >= 4 is 12.3 Å². The molecular weight excluding hydrogens is 196 g/mol. The molecular formula is C11H18O4. The first-order valence-corrected chi connectivity index (χ1v) is 5.21. The zero-order valence-corrected chi connectivity index (χ0v) is 9.65. The van der Waals surface area contributed by atoms with Crippen molar-refractivity contribution in [3.63, 3.8) is 0 Å². The highest BCUT2D eigenvalue weighted by atomic mass is 16.8. The molecule has 1 heterocycles. The molecule has 15 heavy (non-hydrogen) atoms. The van der Waals surface area contributed by atoms with Gasteiger partial charge in [-0.25, -0.2) is 4.79 Å². The molecule has 1 saturated heterocycles. The number of hydrogen-bond acceptors (Lipinski definition) is 4. The number of cyclic esters (lactones) is 1. The quantitative estimate of drug-likeness (QED) is 0.526. The predicted octanol–water partition coefficient (Wildman–Crippen LogP) is 1.53. The van der Waals surface area contributed by atoms with Gasteiger partial charge >= 0.3 is 5.97 Å². The lowest BCUT2D eigenvalue weighted by molar-refractivity contribution is -0.161. The molecule has 1 rings (SSSR count). The minimum atomic E-state index is -0.903. The van der Waals surface area contributed by atoms with Crippen molar-refractivity contribution in [3.05, 3.63) is 0 Å². The maximum atomic E-state index is 11.5. The lowest BCUT2D eigenvalue weighted by Gasteiger charge is -2.19. The van der Waals surface area contributed by atoms with E-state index in [0.29, 0.717) is 12.3 Å². The molecule has 0 aromatic heterocycles. The van der Waals surface area contributed by atoms with E-state index >= 15 is 0 Å². The average molecular weight is 214 g/mol. The van der Waals surface area contributed by atoms with E-state index < -0.39 is 23.8 Å². The largest absolute Gasteiger partial charge is 0.432 e.